The minimum absolute atomic E-state index is 0. The highest BCUT2D eigenvalue weighted by Crippen LogP contribution is 2.41. The van der Waals surface area contributed by atoms with Gasteiger partial charge in [-0.15, -0.1) is 24.8 Å². The number of nitrogens with two attached hydrogens (primary N) is 1. The average molecular weight is 447 g/mol. The van der Waals surface area contributed by atoms with Crippen molar-refractivity contribution in [1.82, 2.24) is 9.55 Å². The molecule has 0 unspecified atom stereocenters. The lowest BCUT2D eigenvalue weighted by Gasteiger charge is -2.13. The molecule has 3 rings (SSSR count). The van der Waals surface area contributed by atoms with E-state index >= 15 is 0 Å². The molecule has 0 aliphatic heterocycles. The number of anilines is 1. The highest BCUT2D eigenvalue weighted by molar-refractivity contribution is 6.32. The first kappa shape index (κ1) is 23.8. The molecule has 0 aliphatic rings. The summed E-state index contributed by atoms with van der Waals surface area (Å²) in [5, 5.41) is 0.452. The molecule has 6 nitrogen and oxygen atoms in total. The number of ether oxygens (including phenoxy) is 3. The Morgan fingerprint density at radius 2 is 1.61 bits per heavy atom. The topological polar surface area (TPSA) is 71.5 Å². The van der Waals surface area contributed by atoms with Gasteiger partial charge in [-0.25, -0.2) is 4.98 Å². The van der Waals surface area contributed by atoms with Gasteiger partial charge in [0, 0.05) is 18.2 Å². The summed E-state index contributed by atoms with van der Waals surface area (Å²) in [4.78, 5) is 4.54. The first-order valence-electron chi connectivity index (χ1n) is 7.87. The molecule has 2 aromatic carbocycles. The molecular weight excluding hydrogens is 425 g/mol. The first-order chi connectivity index (χ1) is 12.5. The van der Waals surface area contributed by atoms with Crippen molar-refractivity contribution in [1.29, 1.82) is 0 Å². The van der Waals surface area contributed by atoms with Crippen LogP contribution in [0.25, 0.3) is 22.5 Å². The Bertz CT molecular complexity index is 961. The number of rotatable bonds is 5. The zero-order chi connectivity index (χ0) is 18.8. The van der Waals surface area contributed by atoms with E-state index in [0.717, 1.165) is 22.5 Å². The van der Waals surface area contributed by atoms with E-state index < -0.39 is 0 Å². The third kappa shape index (κ3) is 4.24. The van der Waals surface area contributed by atoms with E-state index in [4.69, 9.17) is 31.5 Å². The van der Waals surface area contributed by atoms with Crippen LogP contribution in [0.2, 0.25) is 5.02 Å². The molecule has 0 saturated carbocycles. The van der Waals surface area contributed by atoms with Crippen molar-refractivity contribution < 1.29 is 14.2 Å². The molecule has 152 valence electrons. The molecule has 28 heavy (non-hydrogen) atoms. The molecule has 9 heteroatoms. The molecule has 3 aromatic rings. The highest BCUT2D eigenvalue weighted by Gasteiger charge is 2.18. The number of nitrogen functional groups attached to an aromatic ring is 1. The molecule has 0 radical (unpaired) electrons. The van der Waals surface area contributed by atoms with Crippen molar-refractivity contribution in [2.75, 3.05) is 27.1 Å². The third-order valence-corrected chi connectivity index (χ3v) is 4.43. The Morgan fingerprint density at radius 1 is 0.929 bits per heavy atom. The number of aromatic nitrogens is 2. The Morgan fingerprint density at radius 3 is 2.18 bits per heavy atom. The zero-order valence-electron chi connectivity index (χ0n) is 15.9. The maximum atomic E-state index is 6.36. The zero-order valence-corrected chi connectivity index (χ0v) is 18.2. The van der Waals surface area contributed by atoms with Crippen LogP contribution in [0.3, 0.4) is 0 Å². The number of aryl methyl sites for hydroxylation is 1. The Balaban J connectivity index is 0.00000196. The largest absolute Gasteiger partial charge is 0.495 e. The fourth-order valence-corrected chi connectivity index (χ4v) is 3.21. The molecule has 0 atom stereocenters. The number of methoxy groups -OCH3 is 3. The normalized spacial score (nSPS) is 9.89. The first-order valence-corrected chi connectivity index (χ1v) is 8.25. The van der Waals surface area contributed by atoms with Crippen LogP contribution in [0.4, 0.5) is 5.69 Å². The van der Waals surface area contributed by atoms with E-state index in [1.807, 2.05) is 41.9 Å². The van der Waals surface area contributed by atoms with Crippen LogP contribution in [0.5, 0.6) is 17.2 Å². The summed E-state index contributed by atoms with van der Waals surface area (Å²) in [5.41, 5.74) is 10.0. The Hall–Kier alpha value is -2.28. The summed E-state index contributed by atoms with van der Waals surface area (Å²) in [6.45, 7) is 0. The fraction of sp³-hybridized carbons (Fsp3) is 0.211. The molecule has 1 heterocycles. The number of benzene rings is 2. The molecule has 0 saturated heterocycles. The van der Waals surface area contributed by atoms with Crippen LogP contribution in [0.15, 0.2) is 36.7 Å². The number of hydrogen-bond donors (Lipinski definition) is 1. The second kappa shape index (κ2) is 9.78. The van der Waals surface area contributed by atoms with Crippen LogP contribution < -0.4 is 19.9 Å². The summed E-state index contributed by atoms with van der Waals surface area (Å²) in [7, 11) is 6.64. The quantitative estimate of drug-likeness (QED) is 0.567. The Kier molecular flexibility index (Phi) is 8.29. The van der Waals surface area contributed by atoms with Crippen LogP contribution in [-0.4, -0.2) is 30.9 Å². The summed E-state index contributed by atoms with van der Waals surface area (Å²) in [6.07, 6.45) is 1.75. The van der Waals surface area contributed by atoms with Gasteiger partial charge in [0.2, 0.25) is 0 Å². The van der Waals surface area contributed by atoms with Gasteiger partial charge >= 0.3 is 0 Å². The minimum atomic E-state index is 0. The van der Waals surface area contributed by atoms with Crippen LogP contribution in [-0.2, 0) is 7.05 Å². The molecule has 0 amide bonds. The van der Waals surface area contributed by atoms with E-state index in [-0.39, 0.29) is 24.8 Å². The van der Waals surface area contributed by atoms with Crippen molar-refractivity contribution in [3.63, 3.8) is 0 Å². The van der Waals surface area contributed by atoms with E-state index in [9.17, 15) is 0 Å². The van der Waals surface area contributed by atoms with Gasteiger partial charge in [-0.05, 0) is 30.3 Å². The van der Waals surface area contributed by atoms with Crippen LogP contribution >= 0.6 is 36.4 Å². The number of halogens is 3. The molecular formula is C19H22Cl3N3O3. The predicted molar refractivity (Wildman–Crippen MR) is 118 cm³/mol. The van der Waals surface area contributed by atoms with Gasteiger partial charge in [-0.2, -0.15) is 0 Å². The van der Waals surface area contributed by atoms with Crippen molar-refractivity contribution >= 4 is 42.1 Å². The Labute approximate surface area is 181 Å². The summed E-state index contributed by atoms with van der Waals surface area (Å²) in [6, 6.07) is 9.30. The second-order valence-corrected chi connectivity index (χ2v) is 6.11. The lowest BCUT2D eigenvalue weighted by Crippen LogP contribution is -1.97. The van der Waals surface area contributed by atoms with Crippen molar-refractivity contribution in [3.05, 3.63) is 41.7 Å². The lowest BCUT2D eigenvalue weighted by molar-refractivity contribution is 0.355. The summed E-state index contributed by atoms with van der Waals surface area (Å²) in [5.74, 6) is 1.66. The lowest BCUT2D eigenvalue weighted by atomic mass is 10.0. The third-order valence-electron chi connectivity index (χ3n) is 4.15. The van der Waals surface area contributed by atoms with Gasteiger partial charge in [-0.1, -0.05) is 11.6 Å². The maximum absolute atomic E-state index is 6.36. The van der Waals surface area contributed by atoms with Gasteiger partial charge in [0.15, 0.2) is 11.5 Å². The maximum Gasteiger partial charge on any atom is 0.179 e. The van der Waals surface area contributed by atoms with Gasteiger partial charge in [0.1, 0.15) is 5.75 Å². The number of imidazole rings is 1. The van der Waals surface area contributed by atoms with Gasteiger partial charge in [-0.3, -0.25) is 0 Å². The van der Waals surface area contributed by atoms with E-state index in [1.54, 1.807) is 27.7 Å². The minimum Gasteiger partial charge on any atom is -0.495 e. The van der Waals surface area contributed by atoms with Gasteiger partial charge in [0.05, 0.1) is 49.8 Å². The summed E-state index contributed by atoms with van der Waals surface area (Å²) < 4.78 is 17.9. The SMILES string of the molecule is COc1ccc(-c2c(-c3cc(Cl)c(OC)c(OC)c3)ncn2C)cc1N.Cl.Cl. The smallest absolute Gasteiger partial charge is 0.179 e. The molecule has 0 aliphatic carbocycles. The van der Waals surface area contributed by atoms with Crippen LogP contribution in [0, 0.1) is 0 Å². The predicted octanol–water partition coefficient (Wildman–Crippen LogP) is 4.86. The molecule has 0 fully saturated rings. The summed E-state index contributed by atoms with van der Waals surface area (Å²) >= 11 is 6.36. The monoisotopic (exact) mass is 445 g/mol. The van der Waals surface area contributed by atoms with E-state index in [2.05, 4.69) is 4.98 Å². The van der Waals surface area contributed by atoms with E-state index in [0.29, 0.717) is 28.0 Å². The fourth-order valence-electron chi connectivity index (χ4n) is 2.92. The highest BCUT2D eigenvalue weighted by atomic mass is 35.5. The van der Waals surface area contributed by atoms with Crippen molar-refractivity contribution in [2.24, 2.45) is 7.05 Å². The molecule has 0 bridgehead atoms. The molecule has 2 N–H and O–H groups in total. The van der Waals surface area contributed by atoms with Crippen molar-refractivity contribution in [3.8, 4) is 39.8 Å². The van der Waals surface area contributed by atoms with E-state index in [1.165, 1.54) is 0 Å². The average Bonchev–Trinajstić information content (AvgIpc) is 3.02. The molecule has 0 spiro atoms. The molecule has 1 aromatic heterocycles. The van der Waals surface area contributed by atoms with Crippen LogP contribution in [0.1, 0.15) is 0 Å². The standard InChI is InChI=1S/C19H20ClN3O3.2ClH/c1-23-10-22-17(12-7-13(20)19(26-4)16(9-12)25-3)18(23)11-5-6-15(24-2)14(21)8-11;;/h5-10H,21H2,1-4H3;2*1H. The van der Waals surface area contributed by atoms with Gasteiger partial charge < -0.3 is 24.5 Å². The van der Waals surface area contributed by atoms with Crippen molar-refractivity contribution in [2.45, 2.75) is 0 Å². The number of hydrogen-bond acceptors (Lipinski definition) is 5. The number of nitrogens with zero attached hydrogens (tertiary/aromatic N) is 2. The van der Waals surface area contributed by atoms with Gasteiger partial charge in [0.25, 0.3) is 0 Å². The second-order valence-electron chi connectivity index (χ2n) is 5.70.